The number of nitrogens with zero attached hydrogens (tertiary/aromatic N) is 3. The number of halogens is 3. The molecule has 1 heterocycles. The fourth-order valence-corrected chi connectivity index (χ4v) is 1.78. The molecule has 7 heteroatoms. The Balaban J connectivity index is 2.83. The molecule has 17 heavy (non-hydrogen) atoms. The average Bonchev–Trinajstić information content (AvgIpc) is 2.62. The smallest absolute Gasteiger partial charge is 0.329 e. The van der Waals surface area contributed by atoms with Crippen LogP contribution in [0.1, 0.15) is 18.5 Å². The fourth-order valence-electron chi connectivity index (χ4n) is 1.78. The Morgan fingerprint density at radius 1 is 1.53 bits per heavy atom. The lowest BCUT2D eigenvalue weighted by Crippen LogP contribution is -2.40. The van der Waals surface area contributed by atoms with Crippen molar-refractivity contribution in [1.82, 2.24) is 14.7 Å². The van der Waals surface area contributed by atoms with Crippen LogP contribution >= 0.6 is 0 Å². The Morgan fingerprint density at radius 2 is 2.18 bits per heavy atom. The highest BCUT2D eigenvalue weighted by atomic mass is 19.4. The summed E-state index contributed by atoms with van der Waals surface area (Å²) in [4.78, 5) is 1.30. The van der Waals surface area contributed by atoms with Gasteiger partial charge in [0.25, 0.3) is 0 Å². The zero-order valence-electron chi connectivity index (χ0n) is 9.91. The predicted molar refractivity (Wildman–Crippen MR) is 58.3 cm³/mol. The van der Waals surface area contributed by atoms with Crippen molar-refractivity contribution in [3.63, 3.8) is 0 Å². The van der Waals surface area contributed by atoms with Crippen molar-refractivity contribution in [3.8, 4) is 0 Å². The standard InChI is InChI=1S/C10H17F3N4/c1-3-17(7-10(11,12)13)9(4-14)8-5-15-16(2)6-8/h5-6,9H,3-4,7,14H2,1-2H3. The van der Waals surface area contributed by atoms with Gasteiger partial charge in [0, 0.05) is 25.4 Å². The van der Waals surface area contributed by atoms with E-state index in [0.717, 1.165) is 0 Å². The van der Waals surface area contributed by atoms with Crippen LogP contribution in [0.4, 0.5) is 13.2 Å². The highest BCUT2D eigenvalue weighted by molar-refractivity contribution is 5.11. The van der Waals surface area contributed by atoms with Gasteiger partial charge in [-0.05, 0) is 6.54 Å². The zero-order chi connectivity index (χ0) is 13.1. The minimum absolute atomic E-state index is 0.135. The van der Waals surface area contributed by atoms with Crippen LogP contribution in [0.2, 0.25) is 0 Å². The summed E-state index contributed by atoms with van der Waals surface area (Å²) in [5.74, 6) is 0. The molecule has 1 unspecified atom stereocenters. The molecular formula is C10H17F3N4. The average molecular weight is 250 g/mol. The molecule has 0 aliphatic rings. The number of alkyl halides is 3. The van der Waals surface area contributed by atoms with Crippen molar-refractivity contribution in [2.24, 2.45) is 12.8 Å². The molecule has 1 aromatic heterocycles. The highest BCUT2D eigenvalue weighted by Crippen LogP contribution is 2.24. The van der Waals surface area contributed by atoms with Crippen molar-refractivity contribution >= 4 is 0 Å². The van der Waals surface area contributed by atoms with Crippen LogP contribution in [-0.4, -0.2) is 40.5 Å². The lowest BCUT2D eigenvalue weighted by Gasteiger charge is -2.29. The summed E-state index contributed by atoms with van der Waals surface area (Å²) in [6.45, 7) is 1.15. The molecule has 0 fully saturated rings. The fraction of sp³-hybridized carbons (Fsp3) is 0.700. The van der Waals surface area contributed by atoms with Gasteiger partial charge in [-0.2, -0.15) is 18.3 Å². The van der Waals surface area contributed by atoms with E-state index in [1.807, 2.05) is 0 Å². The van der Waals surface area contributed by atoms with Gasteiger partial charge in [-0.1, -0.05) is 6.92 Å². The maximum absolute atomic E-state index is 12.4. The number of hydrogen-bond donors (Lipinski definition) is 1. The maximum atomic E-state index is 12.4. The van der Waals surface area contributed by atoms with E-state index in [9.17, 15) is 13.2 Å². The van der Waals surface area contributed by atoms with E-state index < -0.39 is 18.8 Å². The Bertz CT molecular complexity index is 348. The van der Waals surface area contributed by atoms with Gasteiger partial charge in [-0.15, -0.1) is 0 Å². The second-order valence-electron chi connectivity index (χ2n) is 3.88. The zero-order valence-corrected chi connectivity index (χ0v) is 9.91. The molecule has 0 bridgehead atoms. The van der Waals surface area contributed by atoms with E-state index in [4.69, 9.17) is 5.73 Å². The van der Waals surface area contributed by atoms with E-state index in [-0.39, 0.29) is 13.1 Å². The van der Waals surface area contributed by atoms with Gasteiger partial charge in [0.1, 0.15) is 0 Å². The van der Waals surface area contributed by atoms with E-state index in [0.29, 0.717) is 5.56 Å². The number of aryl methyl sites for hydroxylation is 1. The second-order valence-corrected chi connectivity index (χ2v) is 3.88. The summed E-state index contributed by atoms with van der Waals surface area (Å²) in [5.41, 5.74) is 6.27. The van der Waals surface area contributed by atoms with Gasteiger partial charge in [-0.3, -0.25) is 9.58 Å². The van der Waals surface area contributed by atoms with Crippen molar-refractivity contribution in [1.29, 1.82) is 0 Å². The van der Waals surface area contributed by atoms with Crippen LogP contribution in [0, 0.1) is 0 Å². The van der Waals surface area contributed by atoms with Gasteiger partial charge < -0.3 is 5.73 Å². The Labute approximate surface area is 98.2 Å². The topological polar surface area (TPSA) is 47.1 Å². The number of nitrogens with two attached hydrogens (primary N) is 1. The first-order valence-corrected chi connectivity index (χ1v) is 5.36. The molecule has 0 aromatic carbocycles. The first kappa shape index (κ1) is 14.0. The van der Waals surface area contributed by atoms with Crippen LogP contribution in [-0.2, 0) is 7.05 Å². The van der Waals surface area contributed by atoms with Crippen LogP contribution in [0.25, 0.3) is 0 Å². The predicted octanol–water partition coefficient (Wildman–Crippen LogP) is 1.30. The Kier molecular flexibility index (Phi) is 4.53. The molecular weight excluding hydrogens is 233 g/mol. The number of hydrogen-bond acceptors (Lipinski definition) is 3. The minimum Gasteiger partial charge on any atom is -0.329 e. The molecule has 0 aliphatic heterocycles. The molecule has 1 atom stereocenters. The molecule has 98 valence electrons. The van der Waals surface area contributed by atoms with Crippen molar-refractivity contribution < 1.29 is 13.2 Å². The third kappa shape index (κ3) is 4.01. The molecule has 1 rings (SSSR count). The largest absolute Gasteiger partial charge is 0.401 e. The molecule has 0 spiro atoms. The molecule has 0 radical (unpaired) electrons. The molecule has 0 saturated carbocycles. The summed E-state index contributed by atoms with van der Waals surface area (Å²) in [7, 11) is 1.72. The van der Waals surface area contributed by atoms with E-state index in [1.54, 1.807) is 31.0 Å². The third-order valence-electron chi connectivity index (χ3n) is 2.56. The quantitative estimate of drug-likeness (QED) is 0.857. The molecule has 2 N–H and O–H groups in total. The molecule has 0 saturated heterocycles. The molecule has 0 amide bonds. The van der Waals surface area contributed by atoms with Gasteiger partial charge in [-0.25, -0.2) is 0 Å². The molecule has 1 aromatic rings. The first-order valence-electron chi connectivity index (χ1n) is 5.36. The summed E-state index contributed by atoms with van der Waals surface area (Å²) in [5, 5.41) is 3.95. The van der Waals surface area contributed by atoms with Crippen LogP contribution in [0.15, 0.2) is 12.4 Å². The van der Waals surface area contributed by atoms with Crippen LogP contribution < -0.4 is 5.73 Å². The lowest BCUT2D eigenvalue weighted by molar-refractivity contribution is -0.150. The lowest BCUT2D eigenvalue weighted by atomic mass is 10.1. The monoisotopic (exact) mass is 250 g/mol. The van der Waals surface area contributed by atoms with Gasteiger partial charge >= 0.3 is 6.18 Å². The van der Waals surface area contributed by atoms with E-state index >= 15 is 0 Å². The van der Waals surface area contributed by atoms with Gasteiger partial charge in [0.15, 0.2) is 0 Å². The number of rotatable bonds is 5. The van der Waals surface area contributed by atoms with E-state index in [1.165, 1.54) is 4.90 Å². The normalized spacial score (nSPS) is 14.3. The van der Waals surface area contributed by atoms with Gasteiger partial charge in [0.2, 0.25) is 0 Å². The second kappa shape index (κ2) is 5.50. The Hall–Kier alpha value is -1.08. The SMILES string of the molecule is CCN(CC(F)(F)F)C(CN)c1cnn(C)c1. The third-order valence-corrected chi connectivity index (χ3v) is 2.56. The Morgan fingerprint density at radius 3 is 2.53 bits per heavy atom. The number of likely N-dealkylation sites (N-methyl/N-ethyl adjacent to an activating group) is 1. The summed E-state index contributed by atoms with van der Waals surface area (Å²) >= 11 is 0. The first-order chi connectivity index (χ1) is 7.87. The maximum Gasteiger partial charge on any atom is 0.401 e. The highest BCUT2D eigenvalue weighted by Gasteiger charge is 2.33. The van der Waals surface area contributed by atoms with Crippen molar-refractivity contribution in [2.45, 2.75) is 19.1 Å². The van der Waals surface area contributed by atoms with Crippen molar-refractivity contribution in [3.05, 3.63) is 18.0 Å². The van der Waals surface area contributed by atoms with Crippen LogP contribution in [0.3, 0.4) is 0 Å². The van der Waals surface area contributed by atoms with E-state index in [2.05, 4.69) is 5.10 Å². The van der Waals surface area contributed by atoms with Gasteiger partial charge in [0.05, 0.1) is 18.8 Å². The summed E-state index contributed by atoms with van der Waals surface area (Å²) in [6.07, 6.45) is -0.973. The summed E-state index contributed by atoms with van der Waals surface area (Å²) < 4.78 is 38.8. The number of aromatic nitrogens is 2. The molecule has 4 nitrogen and oxygen atoms in total. The molecule has 0 aliphatic carbocycles. The minimum atomic E-state index is -4.22. The van der Waals surface area contributed by atoms with Crippen molar-refractivity contribution in [2.75, 3.05) is 19.6 Å². The van der Waals surface area contributed by atoms with Crippen LogP contribution in [0.5, 0.6) is 0 Å². The summed E-state index contributed by atoms with van der Waals surface area (Å²) in [6, 6.07) is -0.449.